The molecule has 31 heavy (non-hydrogen) atoms. The molecule has 0 aromatic carbocycles. The molecule has 0 fully saturated rings. The van der Waals surface area contributed by atoms with Crippen molar-refractivity contribution in [2.24, 2.45) is 5.92 Å². The van der Waals surface area contributed by atoms with E-state index in [9.17, 15) is 0 Å². The molecule has 0 radical (unpaired) electrons. The molecule has 0 spiro atoms. The normalized spacial score (nSPS) is 15.8. The molecule has 0 bridgehead atoms. The zero-order valence-corrected chi connectivity index (χ0v) is 19.9. The van der Waals surface area contributed by atoms with E-state index in [1.165, 1.54) is 39.4 Å². The lowest BCUT2D eigenvalue weighted by Gasteiger charge is -2.13. The summed E-state index contributed by atoms with van der Waals surface area (Å²) in [5.74, 6) is 0.590. The van der Waals surface area contributed by atoms with Crippen molar-refractivity contribution < 1.29 is 0 Å². The van der Waals surface area contributed by atoms with Gasteiger partial charge >= 0.3 is 0 Å². The van der Waals surface area contributed by atoms with E-state index in [0.717, 1.165) is 36.4 Å². The Labute approximate surface area is 190 Å². The maximum absolute atomic E-state index is 5.08. The second-order valence-corrected chi connectivity index (χ2v) is 9.65. The molecule has 2 aliphatic rings. The number of hydrogen-bond acceptors (Lipinski definition) is 2. The van der Waals surface area contributed by atoms with Gasteiger partial charge in [-0.2, -0.15) is 0 Å². The van der Waals surface area contributed by atoms with Gasteiger partial charge in [-0.3, -0.25) is 0 Å². The van der Waals surface area contributed by atoms with Gasteiger partial charge in [0.2, 0.25) is 0 Å². The number of nitrogens with zero attached hydrogens (tertiary/aromatic N) is 2. The number of aromatic nitrogens is 2. The Balaban J connectivity index is 1.73. The van der Waals surface area contributed by atoms with Gasteiger partial charge in [0.25, 0.3) is 0 Å². The van der Waals surface area contributed by atoms with Gasteiger partial charge in [-0.05, 0) is 55.4 Å². The van der Waals surface area contributed by atoms with Crippen molar-refractivity contribution in [2.75, 3.05) is 0 Å². The van der Waals surface area contributed by atoms with Crippen molar-refractivity contribution in [2.45, 2.75) is 53.4 Å². The fourth-order valence-electron chi connectivity index (χ4n) is 4.34. The van der Waals surface area contributed by atoms with Gasteiger partial charge in [0.15, 0.2) is 0 Å². The third-order valence-corrected chi connectivity index (χ3v) is 6.87. The number of thiazole rings is 1. The van der Waals surface area contributed by atoms with Gasteiger partial charge in [0.05, 0.1) is 11.4 Å². The van der Waals surface area contributed by atoms with Gasteiger partial charge in [-0.25, -0.2) is 4.98 Å². The quantitative estimate of drug-likeness (QED) is 0.432. The fraction of sp³-hybridized carbons (Fsp3) is 0.321. The highest BCUT2D eigenvalue weighted by molar-refractivity contribution is 7.11. The fourth-order valence-corrected chi connectivity index (χ4v) is 5.17. The van der Waals surface area contributed by atoms with Crippen LogP contribution in [0.1, 0.15) is 62.7 Å². The average Bonchev–Trinajstić information content (AvgIpc) is 3.45. The Morgan fingerprint density at radius 1 is 1.23 bits per heavy atom. The zero-order chi connectivity index (χ0) is 22.0. The third-order valence-electron chi connectivity index (χ3n) is 5.98. The Bertz CT molecular complexity index is 1140. The zero-order valence-electron chi connectivity index (χ0n) is 19.1. The standard InChI is InChI=1S/C28H32N2S/c1-6-22-10-9-11-23(15-14-22)28-29-26(18-31-28)27-17-25(20(4)16-19(2)3)21(5)30(27)24-12-7-8-13-24/h7-12,15,17-19H,4,6,13-14,16H2,1-3,5H3. The van der Waals surface area contributed by atoms with Gasteiger partial charge in [-0.15, -0.1) is 11.3 Å². The number of rotatable bonds is 7. The van der Waals surface area contributed by atoms with Crippen LogP contribution in [0.3, 0.4) is 0 Å². The van der Waals surface area contributed by atoms with Crippen LogP contribution in [0.4, 0.5) is 0 Å². The smallest absolute Gasteiger partial charge is 0.123 e. The van der Waals surface area contributed by atoms with E-state index in [1.807, 2.05) is 0 Å². The highest BCUT2D eigenvalue weighted by atomic mass is 32.1. The lowest BCUT2D eigenvalue weighted by molar-refractivity contribution is 0.674. The monoisotopic (exact) mass is 428 g/mol. The molecule has 4 rings (SSSR count). The van der Waals surface area contributed by atoms with E-state index in [0.29, 0.717) is 5.92 Å². The first-order valence-electron chi connectivity index (χ1n) is 11.3. The third kappa shape index (κ3) is 4.52. The summed E-state index contributed by atoms with van der Waals surface area (Å²) >= 11 is 1.73. The number of hydrogen-bond donors (Lipinski definition) is 0. The van der Waals surface area contributed by atoms with Crippen LogP contribution in [0.5, 0.6) is 0 Å². The highest BCUT2D eigenvalue weighted by Crippen LogP contribution is 2.37. The van der Waals surface area contributed by atoms with Gasteiger partial charge in [0, 0.05) is 28.8 Å². The minimum atomic E-state index is 0.590. The predicted octanol–water partition coefficient (Wildman–Crippen LogP) is 8.46. The van der Waals surface area contributed by atoms with Crippen LogP contribution in [0.25, 0.3) is 28.2 Å². The molecule has 160 valence electrons. The molecule has 0 saturated carbocycles. The first-order chi connectivity index (χ1) is 15.0. The van der Waals surface area contributed by atoms with Gasteiger partial charge in [0.1, 0.15) is 5.01 Å². The van der Waals surface area contributed by atoms with Crippen LogP contribution in [-0.2, 0) is 0 Å². The van der Waals surface area contributed by atoms with Crippen LogP contribution in [-0.4, -0.2) is 9.55 Å². The molecule has 2 heterocycles. The van der Waals surface area contributed by atoms with Crippen LogP contribution in [0.2, 0.25) is 0 Å². The van der Waals surface area contributed by atoms with Crippen LogP contribution in [0.15, 0.2) is 66.1 Å². The SMILES string of the molecule is C=C(CC(C)C)c1cc(-c2csc(C3=CCC(CC)=CC=C3)n2)n(C2=CC=CC2)c1C. The maximum Gasteiger partial charge on any atom is 0.123 e. The van der Waals surface area contributed by atoms with Crippen molar-refractivity contribution in [1.82, 2.24) is 9.55 Å². The molecule has 0 saturated heterocycles. The van der Waals surface area contributed by atoms with Crippen molar-refractivity contribution >= 4 is 28.2 Å². The first-order valence-corrected chi connectivity index (χ1v) is 12.1. The van der Waals surface area contributed by atoms with Crippen LogP contribution < -0.4 is 0 Å². The van der Waals surface area contributed by atoms with Crippen LogP contribution in [0, 0.1) is 12.8 Å². The van der Waals surface area contributed by atoms with Crippen LogP contribution >= 0.6 is 11.3 Å². The van der Waals surface area contributed by atoms with Gasteiger partial charge in [-0.1, -0.05) is 69.4 Å². The molecular formula is C28H32N2S. The molecule has 0 amide bonds. The molecule has 3 heteroatoms. The highest BCUT2D eigenvalue weighted by Gasteiger charge is 2.21. The van der Waals surface area contributed by atoms with E-state index in [2.05, 4.69) is 92.8 Å². The Kier molecular flexibility index (Phi) is 6.43. The van der Waals surface area contributed by atoms with E-state index in [4.69, 9.17) is 4.98 Å². The minimum Gasteiger partial charge on any atom is -0.315 e. The van der Waals surface area contributed by atoms with E-state index in [-0.39, 0.29) is 0 Å². The molecule has 2 aromatic heterocycles. The summed E-state index contributed by atoms with van der Waals surface area (Å²) in [6, 6.07) is 2.30. The second-order valence-electron chi connectivity index (χ2n) is 8.79. The van der Waals surface area contributed by atoms with E-state index in [1.54, 1.807) is 11.3 Å². The largest absolute Gasteiger partial charge is 0.315 e. The summed E-state index contributed by atoms with van der Waals surface area (Å²) in [5, 5.41) is 3.29. The van der Waals surface area contributed by atoms with Crippen molar-refractivity contribution in [1.29, 1.82) is 0 Å². The maximum atomic E-state index is 5.08. The molecule has 2 aromatic rings. The summed E-state index contributed by atoms with van der Waals surface area (Å²) in [5.41, 5.74) is 9.92. The summed E-state index contributed by atoms with van der Waals surface area (Å²) in [6.07, 6.45) is 19.5. The molecule has 0 aliphatic heterocycles. The summed E-state index contributed by atoms with van der Waals surface area (Å²) in [7, 11) is 0. The summed E-state index contributed by atoms with van der Waals surface area (Å²) < 4.78 is 2.38. The summed E-state index contributed by atoms with van der Waals surface area (Å²) in [4.78, 5) is 5.08. The van der Waals surface area contributed by atoms with E-state index >= 15 is 0 Å². The Hall–Kier alpha value is -2.65. The van der Waals surface area contributed by atoms with Crippen molar-refractivity contribution in [3.63, 3.8) is 0 Å². The lowest BCUT2D eigenvalue weighted by atomic mass is 9.98. The minimum absolute atomic E-state index is 0.590. The second kappa shape index (κ2) is 9.23. The molecule has 2 aliphatic carbocycles. The first kappa shape index (κ1) is 21.6. The van der Waals surface area contributed by atoms with Crippen molar-refractivity contribution in [3.05, 3.63) is 82.4 Å². The Morgan fingerprint density at radius 3 is 2.77 bits per heavy atom. The molecule has 0 N–H and O–H groups in total. The lowest BCUT2D eigenvalue weighted by Crippen LogP contribution is -2.01. The van der Waals surface area contributed by atoms with Gasteiger partial charge < -0.3 is 4.57 Å². The molecule has 2 nitrogen and oxygen atoms in total. The average molecular weight is 429 g/mol. The molecular weight excluding hydrogens is 396 g/mol. The molecule has 0 unspecified atom stereocenters. The number of allylic oxidation sites excluding steroid dienone is 11. The van der Waals surface area contributed by atoms with E-state index < -0.39 is 0 Å². The topological polar surface area (TPSA) is 17.8 Å². The van der Waals surface area contributed by atoms with Crippen molar-refractivity contribution in [3.8, 4) is 11.4 Å². The molecule has 0 atom stereocenters. The predicted molar refractivity (Wildman–Crippen MR) is 137 cm³/mol. The summed E-state index contributed by atoms with van der Waals surface area (Å²) in [6.45, 7) is 13.3. The Morgan fingerprint density at radius 2 is 2.06 bits per heavy atom.